The minimum absolute atomic E-state index is 0.164. The van der Waals surface area contributed by atoms with E-state index in [1.54, 1.807) is 11.3 Å². The molecule has 0 nitrogen and oxygen atoms in total. The molecule has 0 aliphatic heterocycles. The lowest BCUT2D eigenvalue weighted by atomic mass is 10.1. The molecule has 0 bridgehead atoms. The second kappa shape index (κ2) is 5.53. The van der Waals surface area contributed by atoms with Gasteiger partial charge in [0.25, 0.3) is 0 Å². The molecule has 2 aromatic rings. The van der Waals surface area contributed by atoms with E-state index in [2.05, 4.69) is 53.9 Å². The van der Waals surface area contributed by atoms with Crippen molar-refractivity contribution in [3.63, 3.8) is 0 Å². The van der Waals surface area contributed by atoms with Gasteiger partial charge in [-0.2, -0.15) is 0 Å². The van der Waals surface area contributed by atoms with Gasteiger partial charge >= 0.3 is 0 Å². The van der Waals surface area contributed by atoms with Crippen LogP contribution in [-0.4, -0.2) is 0 Å². The molecular formula is C11H6Br3ClS. The molecule has 1 aromatic carbocycles. The Balaban J connectivity index is 2.40. The summed E-state index contributed by atoms with van der Waals surface area (Å²) < 4.78 is 2.19. The van der Waals surface area contributed by atoms with Gasteiger partial charge in [-0.15, -0.1) is 11.3 Å². The van der Waals surface area contributed by atoms with E-state index >= 15 is 0 Å². The molecule has 0 saturated heterocycles. The molecule has 84 valence electrons. The molecule has 2 rings (SSSR count). The van der Waals surface area contributed by atoms with Gasteiger partial charge in [-0.3, -0.25) is 0 Å². The SMILES string of the molecule is Clc1ccc(Br)c(C(Br)c2ccc(Br)s2)c1. The van der Waals surface area contributed by atoms with Crippen molar-refractivity contribution in [2.24, 2.45) is 0 Å². The third-order valence-corrected chi connectivity index (χ3v) is 6.01. The fraction of sp³-hybridized carbons (Fsp3) is 0.0909. The van der Waals surface area contributed by atoms with Crippen molar-refractivity contribution in [2.75, 3.05) is 0 Å². The van der Waals surface area contributed by atoms with Crippen LogP contribution in [0.1, 0.15) is 15.3 Å². The quantitative estimate of drug-likeness (QED) is 0.469. The minimum atomic E-state index is 0.164. The van der Waals surface area contributed by atoms with Gasteiger partial charge < -0.3 is 0 Å². The third kappa shape index (κ3) is 2.91. The maximum Gasteiger partial charge on any atom is 0.0749 e. The van der Waals surface area contributed by atoms with Crippen molar-refractivity contribution in [1.82, 2.24) is 0 Å². The average molecular weight is 445 g/mol. The third-order valence-electron chi connectivity index (χ3n) is 2.07. The average Bonchev–Trinajstić information content (AvgIpc) is 2.67. The van der Waals surface area contributed by atoms with E-state index in [1.807, 2.05) is 24.3 Å². The molecule has 1 atom stereocenters. The molecule has 1 heterocycles. The molecule has 1 unspecified atom stereocenters. The summed E-state index contributed by atoms with van der Waals surface area (Å²) in [7, 11) is 0. The maximum absolute atomic E-state index is 6.01. The second-order valence-electron chi connectivity index (χ2n) is 3.17. The molecule has 0 spiro atoms. The van der Waals surface area contributed by atoms with Crippen LogP contribution in [0.15, 0.2) is 38.6 Å². The van der Waals surface area contributed by atoms with Crippen LogP contribution in [0.25, 0.3) is 0 Å². The fourth-order valence-electron chi connectivity index (χ4n) is 1.33. The van der Waals surface area contributed by atoms with Gasteiger partial charge in [-0.25, -0.2) is 0 Å². The molecule has 0 radical (unpaired) electrons. The zero-order valence-corrected chi connectivity index (χ0v) is 14.2. The van der Waals surface area contributed by atoms with Crippen LogP contribution < -0.4 is 0 Å². The van der Waals surface area contributed by atoms with Crippen molar-refractivity contribution < 1.29 is 0 Å². The summed E-state index contributed by atoms with van der Waals surface area (Å²) >= 11 is 18.4. The van der Waals surface area contributed by atoms with Gasteiger partial charge in [0.2, 0.25) is 0 Å². The summed E-state index contributed by atoms with van der Waals surface area (Å²) in [4.78, 5) is 1.41. The van der Waals surface area contributed by atoms with Crippen molar-refractivity contribution in [1.29, 1.82) is 0 Å². The molecule has 0 aliphatic rings. The van der Waals surface area contributed by atoms with Gasteiger partial charge in [0, 0.05) is 14.4 Å². The first kappa shape index (κ1) is 13.1. The number of hydrogen-bond acceptors (Lipinski definition) is 1. The van der Waals surface area contributed by atoms with Crippen molar-refractivity contribution in [3.05, 3.63) is 54.1 Å². The number of rotatable bonds is 2. The summed E-state index contributed by atoms with van der Waals surface area (Å²) in [6.45, 7) is 0. The highest BCUT2D eigenvalue weighted by molar-refractivity contribution is 9.11. The first-order valence-electron chi connectivity index (χ1n) is 4.42. The molecule has 0 aliphatic carbocycles. The Morgan fingerprint density at radius 2 is 1.88 bits per heavy atom. The molecule has 1 aromatic heterocycles. The normalized spacial score (nSPS) is 12.8. The van der Waals surface area contributed by atoms with Gasteiger partial charge in [0.05, 0.1) is 8.61 Å². The van der Waals surface area contributed by atoms with Crippen LogP contribution in [0.2, 0.25) is 5.02 Å². The van der Waals surface area contributed by atoms with Crippen molar-refractivity contribution >= 4 is 70.7 Å². The van der Waals surface area contributed by atoms with Gasteiger partial charge in [0.15, 0.2) is 0 Å². The standard InChI is InChI=1S/C11H6Br3ClS/c12-8-2-1-6(15)5-7(8)11(14)9-3-4-10(13)16-9/h1-5,11H. The number of halogens is 4. The van der Waals surface area contributed by atoms with Crippen LogP contribution in [0, 0.1) is 0 Å². The summed E-state index contributed by atoms with van der Waals surface area (Å²) in [5, 5.41) is 0.748. The highest BCUT2D eigenvalue weighted by Gasteiger charge is 2.15. The van der Waals surface area contributed by atoms with Crippen molar-refractivity contribution in [2.45, 2.75) is 4.83 Å². The van der Waals surface area contributed by atoms with Crippen LogP contribution in [0.5, 0.6) is 0 Å². The van der Waals surface area contributed by atoms with E-state index in [9.17, 15) is 0 Å². The topological polar surface area (TPSA) is 0 Å². The Bertz CT molecular complexity index is 510. The summed E-state index contributed by atoms with van der Waals surface area (Å²) in [6.07, 6.45) is 0. The number of benzene rings is 1. The zero-order valence-electron chi connectivity index (χ0n) is 7.88. The number of hydrogen-bond donors (Lipinski definition) is 0. The van der Waals surface area contributed by atoms with Gasteiger partial charge in [0.1, 0.15) is 0 Å². The lowest BCUT2D eigenvalue weighted by molar-refractivity contribution is 1.21. The summed E-state index contributed by atoms with van der Waals surface area (Å²) in [5.41, 5.74) is 1.14. The lowest BCUT2D eigenvalue weighted by Crippen LogP contribution is -1.90. The Morgan fingerprint density at radius 3 is 2.50 bits per heavy atom. The van der Waals surface area contributed by atoms with Crippen LogP contribution in [0.4, 0.5) is 0 Å². The molecule has 0 fully saturated rings. The molecule has 0 saturated carbocycles. The predicted molar refractivity (Wildman–Crippen MR) is 81.9 cm³/mol. The van der Waals surface area contributed by atoms with Crippen LogP contribution in [-0.2, 0) is 0 Å². The Kier molecular flexibility index (Phi) is 4.52. The molecular weight excluding hydrogens is 439 g/mol. The Hall–Kier alpha value is 0.650. The highest BCUT2D eigenvalue weighted by atomic mass is 79.9. The van der Waals surface area contributed by atoms with E-state index in [0.29, 0.717) is 0 Å². The van der Waals surface area contributed by atoms with E-state index < -0.39 is 0 Å². The first-order chi connectivity index (χ1) is 7.58. The summed E-state index contributed by atoms with van der Waals surface area (Å²) in [5.74, 6) is 0. The van der Waals surface area contributed by atoms with Crippen LogP contribution in [0.3, 0.4) is 0 Å². The van der Waals surface area contributed by atoms with Crippen molar-refractivity contribution in [3.8, 4) is 0 Å². The zero-order chi connectivity index (χ0) is 11.7. The smallest absolute Gasteiger partial charge is 0.0749 e. The summed E-state index contributed by atoms with van der Waals surface area (Å²) in [6, 6.07) is 9.96. The first-order valence-corrected chi connectivity index (χ1v) is 8.12. The highest BCUT2D eigenvalue weighted by Crippen LogP contribution is 2.40. The molecule has 0 amide bonds. The minimum Gasteiger partial charge on any atom is -0.132 e. The van der Waals surface area contributed by atoms with E-state index in [0.717, 1.165) is 18.8 Å². The van der Waals surface area contributed by atoms with Gasteiger partial charge in [-0.05, 0) is 51.8 Å². The largest absolute Gasteiger partial charge is 0.132 e. The van der Waals surface area contributed by atoms with Gasteiger partial charge in [-0.1, -0.05) is 43.5 Å². The lowest BCUT2D eigenvalue weighted by Gasteiger charge is -2.10. The maximum atomic E-state index is 6.01. The Morgan fingerprint density at radius 1 is 1.12 bits per heavy atom. The predicted octanol–water partition coefficient (Wildman–Crippen LogP) is 6.41. The number of alkyl halides is 1. The number of thiophene rings is 1. The fourth-order valence-corrected chi connectivity index (χ4v) is 4.52. The molecule has 0 N–H and O–H groups in total. The second-order valence-corrected chi connectivity index (χ2v) is 7.87. The van der Waals surface area contributed by atoms with E-state index in [1.165, 1.54) is 4.88 Å². The monoisotopic (exact) mass is 442 g/mol. The molecule has 16 heavy (non-hydrogen) atoms. The Labute approximate surface area is 128 Å². The molecule has 5 heteroatoms. The van der Waals surface area contributed by atoms with E-state index in [4.69, 9.17) is 11.6 Å². The van der Waals surface area contributed by atoms with Crippen LogP contribution >= 0.6 is 70.7 Å². The van der Waals surface area contributed by atoms with E-state index in [-0.39, 0.29) is 4.83 Å².